The van der Waals surface area contributed by atoms with Gasteiger partial charge in [0.2, 0.25) is 0 Å². The number of hydrogen-bond donors (Lipinski definition) is 0. The molecule has 2 saturated carbocycles. The van der Waals surface area contributed by atoms with Gasteiger partial charge < -0.3 is 4.74 Å². The largest absolute Gasteiger partial charge is 0.469 e. The molecule has 0 aromatic carbocycles. The summed E-state index contributed by atoms with van der Waals surface area (Å²) in [5.74, 6) is 2.88. The quantitative estimate of drug-likeness (QED) is 0.486. The molecule has 3 aliphatic carbocycles. The molecular weight excluding hydrogens is 188 g/mol. The van der Waals surface area contributed by atoms with Crippen LogP contribution in [0.15, 0.2) is 12.2 Å². The van der Waals surface area contributed by atoms with Crippen molar-refractivity contribution in [2.75, 3.05) is 7.11 Å². The second-order valence-electron chi connectivity index (χ2n) is 5.21. The van der Waals surface area contributed by atoms with Crippen LogP contribution in [-0.2, 0) is 9.53 Å². The minimum atomic E-state index is 0.0445. The lowest BCUT2D eigenvalue weighted by Gasteiger charge is -2.20. The third kappa shape index (κ3) is 1.20. The summed E-state index contributed by atoms with van der Waals surface area (Å²) in [5.41, 5.74) is 0. The van der Waals surface area contributed by atoms with Gasteiger partial charge in [-0.25, -0.2) is 0 Å². The Bertz CT molecular complexity index is 308. The lowest BCUT2D eigenvalue weighted by molar-refractivity contribution is -0.148. The van der Waals surface area contributed by atoms with Gasteiger partial charge in [0, 0.05) is 0 Å². The predicted octanol–water partition coefficient (Wildman–Crippen LogP) is 2.40. The van der Waals surface area contributed by atoms with E-state index in [0.717, 1.165) is 12.3 Å². The van der Waals surface area contributed by atoms with E-state index in [1.54, 1.807) is 0 Å². The Labute approximate surface area is 90.7 Å². The molecule has 0 saturated heterocycles. The zero-order valence-electron chi connectivity index (χ0n) is 9.19. The van der Waals surface area contributed by atoms with E-state index in [1.165, 1.54) is 26.4 Å². The molecule has 15 heavy (non-hydrogen) atoms. The maximum absolute atomic E-state index is 11.8. The first kappa shape index (κ1) is 9.44. The molecule has 0 bridgehead atoms. The molecule has 0 heterocycles. The van der Waals surface area contributed by atoms with Crippen LogP contribution in [0.2, 0.25) is 0 Å². The van der Waals surface area contributed by atoms with E-state index in [2.05, 4.69) is 12.2 Å². The second kappa shape index (κ2) is 3.36. The maximum atomic E-state index is 11.8. The van der Waals surface area contributed by atoms with Crippen LogP contribution in [0.3, 0.4) is 0 Å². The first-order chi connectivity index (χ1) is 7.33. The third-order valence-electron chi connectivity index (χ3n) is 4.78. The molecule has 0 N–H and O–H groups in total. The molecule has 0 aromatic rings. The smallest absolute Gasteiger partial charge is 0.309 e. The van der Waals surface area contributed by atoms with Crippen molar-refractivity contribution in [1.29, 1.82) is 0 Å². The number of esters is 1. The first-order valence-corrected chi connectivity index (χ1v) is 6.07. The normalized spacial score (nSPS) is 46.6. The van der Waals surface area contributed by atoms with Gasteiger partial charge in [-0.3, -0.25) is 4.79 Å². The summed E-state index contributed by atoms with van der Waals surface area (Å²) >= 11 is 0. The summed E-state index contributed by atoms with van der Waals surface area (Å²) in [4.78, 5) is 11.8. The van der Waals surface area contributed by atoms with Crippen molar-refractivity contribution in [1.82, 2.24) is 0 Å². The van der Waals surface area contributed by atoms with E-state index in [4.69, 9.17) is 4.74 Å². The van der Waals surface area contributed by atoms with Crippen LogP contribution < -0.4 is 0 Å². The van der Waals surface area contributed by atoms with Crippen molar-refractivity contribution < 1.29 is 9.53 Å². The fourth-order valence-corrected chi connectivity index (χ4v) is 4.28. The van der Waals surface area contributed by atoms with Gasteiger partial charge in [0.1, 0.15) is 0 Å². The van der Waals surface area contributed by atoms with Gasteiger partial charge in [-0.2, -0.15) is 0 Å². The number of ether oxygens (including phenoxy) is 1. The van der Waals surface area contributed by atoms with Crippen LogP contribution in [0.25, 0.3) is 0 Å². The summed E-state index contributed by atoms with van der Waals surface area (Å²) in [6.07, 6.45) is 9.59. The minimum Gasteiger partial charge on any atom is -0.469 e. The summed E-state index contributed by atoms with van der Waals surface area (Å²) in [6.45, 7) is 0. The molecule has 3 rings (SSSR count). The standard InChI is InChI=1S/C13H18O2/c1-15-13(14)12-10-6-2-4-8(10)9-5-3-7-11(9)12/h2,4,8-12H,3,5-7H2,1H3/t8-,9-,10-,11-,12-/m1/s1. The zero-order valence-corrected chi connectivity index (χ0v) is 9.19. The summed E-state index contributed by atoms with van der Waals surface area (Å²) in [5, 5.41) is 0. The molecule has 0 aromatic heterocycles. The van der Waals surface area contributed by atoms with E-state index in [0.29, 0.717) is 17.8 Å². The Morgan fingerprint density at radius 2 is 2.07 bits per heavy atom. The number of allylic oxidation sites excluding steroid dienone is 2. The summed E-state index contributed by atoms with van der Waals surface area (Å²) in [7, 11) is 1.53. The minimum absolute atomic E-state index is 0.0445. The van der Waals surface area contributed by atoms with Gasteiger partial charge in [-0.15, -0.1) is 0 Å². The van der Waals surface area contributed by atoms with Gasteiger partial charge in [0.15, 0.2) is 0 Å². The summed E-state index contributed by atoms with van der Waals surface area (Å²) in [6, 6.07) is 0. The lowest BCUT2D eigenvalue weighted by atomic mass is 9.86. The van der Waals surface area contributed by atoms with Crippen molar-refractivity contribution in [3.05, 3.63) is 12.2 Å². The molecule has 2 heteroatoms. The molecule has 0 amide bonds. The predicted molar refractivity (Wildman–Crippen MR) is 57.1 cm³/mol. The van der Waals surface area contributed by atoms with Crippen LogP contribution in [0, 0.1) is 29.6 Å². The maximum Gasteiger partial charge on any atom is 0.309 e. The highest BCUT2D eigenvalue weighted by Crippen LogP contribution is 2.57. The molecule has 2 nitrogen and oxygen atoms in total. The van der Waals surface area contributed by atoms with Crippen molar-refractivity contribution in [2.45, 2.75) is 25.7 Å². The molecule has 0 spiro atoms. The summed E-state index contributed by atoms with van der Waals surface area (Å²) < 4.78 is 4.98. The fraction of sp³-hybridized carbons (Fsp3) is 0.769. The molecule has 2 fully saturated rings. The third-order valence-corrected chi connectivity index (χ3v) is 4.78. The Kier molecular flexibility index (Phi) is 2.11. The average molecular weight is 206 g/mol. The van der Waals surface area contributed by atoms with Gasteiger partial charge in [-0.05, 0) is 42.9 Å². The molecular formula is C13H18O2. The van der Waals surface area contributed by atoms with Crippen LogP contribution >= 0.6 is 0 Å². The number of fused-ring (bicyclic) bond motifs is 3. The Hall–Kier alpha value is -0.790. The van der Waals surface area contributed by atoms with E-state index >= 15 is 0 Å². The van der Waals surface area contributed by atoms with Crippen molar-refractivity contribution in [3.63, 3.8) is 0 Å². The van der Waals surface area contributed by atoms with Crippen molar-refractivity contribution in [3.8, 4) is 0 Å². The topological polar surface area (TPSA) is 26.3 Å². The van der Waals surface area contributed by atoms with Crippen LogP contribution in [0.1, 0.15) is 25.7 Å². The Morgan fingerprint density at radius 3 is 2.87 bits per heavy atom. The number of carbonyl (C=O) groups is 1. The fourth-order valence-electron chi connectivity index (χ4n) is 4.28. The molecule has 5 atom stereocenters. The molecule has 3 aliphatic rings. The molecule has 0 unspecified atom stereocenters. The lowest BCUT2D eigenvalue weighted by Crippen LogP contribution is -2.26. The zero-order chi connectivity index (χ0) is 10.4. The van der Waals surface area contributed by atoms with E-state index in [9.17, 15) is 4.79 Å². The van der Waals surface area contributed by atoms with Crippen LogP contribution in [0.4, 0.5) is 0 Å². The monoisotopic (exact) mass is 206 g/mol. The SMILES string of the molecule is COC(=O)[C@@H]1[C@@H]2CC=C[C@@H]2[C@H]2CCC[C@H]21. The number of rotatable bonds is 1. The number of hydrogen-bond acceptors (Lipinski definition) is 2. The van der Waals surface area contributed by atoms with Gasteiger partial charge in [0.05, 0.1) is 13.0 Å². The number of carbonyl (C=O) groups excluding carboxylic acids is 1. The van der Waals surface area contributed by atoms with Gasteiger partial charge in [0.25, 0.3) is 0 Å². The first-order valence-electron chi connectivity index (χ1n) is 6.07. The Balaban J connectivity index is 1.90. The van der Waals surface area contributed by atoms with E-state index in [-0.39, 0.29) is 11.9 Å². The van der Waals surface area contributed by atoms with Crippen LogP contribution in [-0.4, -0.2) is 13.1 Å². The highest BCUT2D eigenvalue weighted by molar-refractivity contribution is 5.74. The molecule has 82 valence electrons. The highest BCUT2D eigenvalue weighted by atomic mass is 16.5. The van der Waals surface area contributed by atoms with E-state index < -0.39 is 0 Å². The Morgan fingerprint density at radius 1 is 1.27 bits per heavy atom. The number of methoxy groups -OCH3 is 1. The second-order valence-corrected chi connectivity index (χ2v) is 5.21. The molecule has 0 aliphatic heterocycles. The highest BCUT2D eigenvalue weighted by Gasteiger charge is 2.54. The van der Waals surface area contributed by atoms with Gasteiger partial charge in [-0.1, -0.05) is 18.6 Å². The van der Waals surface area contributed by atoms with Crippen molar-refractivity contribution >= 4 is 5.97 Å². The van der Waals surface area contributed by atoms with E-state index in [1.807, 2.05) is 0 Å². The van der Waals surface area contributed by atoms with Crippen LogP contribution in [0.5, 0.6) is 0 Å². The van der Waals surface area contributed by atoms with Crippen molar-refractivity contribution in [2.24, 2.45) is 29.6 Å². The van der Waals surface area contributed by atoms with Gasteiger partial charge >= 0.3 is 5.97 Å². The average Bonchev–Trinajstić information content (AvgIpc) is 2.86. The molecule has 0 radical (unpaired) electrons.